The number of carbonyl (C=O) groups excluding carboxylic acids is 1. The van der Waals surface area contributed by atoms with Gasteiger partial charge in [0, 0.05) is 18.3 Å². The van der Waals surface area contributed by atoms with E-state index in [-0.39, 0.29) is 11.9 Å². The van der Waals surface area contributed by atoms with Crippen molar-refractivity contribution in [2.75, 3.05) is 31.7 Å². The van der Waals surface area contributed by atoms with Crippen LogP contribution in [-0.2, 0) is 9.53 Å². The molecule has 1 amide bonds. The van der Waals surface area contributed by atoms with Crippen LogP contribution in [0.5, 0.6) is 5.75 Å². The van der Waals surface area contributed by atoms with Gasteiger partial charge in [-0.3, -0.25) is 4.79 Å². The van der Waals surface area contributed by atoms with Gasteiger partial charge in [0.25, 0.3) is 0 Å². The maximum absolute atomic E-state index is 12.1. The molecule has 110 valence electrons. The number of hydrogen-bond donors (Lipinski definition) is 2. The summed E-state index contributed by atoms with van der Waals surface area (Å²) in [5.74, 6) is 1.16. The summed E-state index contributed by atoms with van der Waals surface area (Å²) in [7, 11) is 0. The Kier molecular flexibility index (Phi) is 5.38. The second-order valence-corrected chi connectivity index (χ2v) is 5.30. The fourth-order valence-electron chi connectivity index (χ4n) is 1.89. The van der Waals surface area contributed by atoms with Crippen LogP contribution in [0.25, 0.3) is 0 Å². The molecule has 1 aliphatic rings. The molecule has 5 heteroatoms. The molecule has 1 fully saturated rings. The van der Waals surface area contributed by atoms with E-state index in [9.17, 15) is 4.79 Å². The highest BCUT2D eigenvalue weighted by Crippen LogP contribution is 2.18. The van der Waals surface area contributed by atoms with Gasteiger partial charge in [-0.15, -0.1) is 0 Å². The van der Waals surface area contributed by atoms with Crippen molar-refractivity contribution in [3.8, 4) is 5.75 Å². The minimum atomic E-state index is -0.288. The summed E-state index contributed by atoms with van der Waals surface area (Å²) in [6.45, 7) is 6.63. The molecule has 1 aromatic carbocycles. The zero-order valence-electron chi connectivity index (χ0n) is 12.0. The van der Waals surface area contributed by atoms with Crippen molar-refractivity contribution in [3.05, 3.63) is 24.3 Å². The summed E-state index contributed by atoms with van der Waals surface area (Å²) < 4.78 is 10.9. The molecule has 1 saturated heterocycles. The Bertz CT molecular complexity index is 442. The minimum Gasteiger partial charge on any atom is -0.493 e. The summed E-state index contributed by atoms with van der Waals surface area (Å²) in [6.07, 6.45) is 0. The summed E-state index contributed by atoms with van der Waals surface area (Å²) >= 11 is 0. The Balaban J connectivity index is 1.91. The predicted octanol–water partition coefficient (Wildman–Crippen LogP) is 1.65. The van der Waals surface area contributed by atoms with Crippen LogP contribution in [-0.4, -0.2) is 38.3 Å². The molecule has 0 aliphatic carbocycles. The zero-order chi connectivity index (χ0) is 14.4. The van der Waals surface area contributed by atoms with Crippen molar-refractivity contribution >= 4 is 11.6 Å². The van der Waals surface area contributed by atoms with E-state index >= 15 is 0 Å². The lowest BCUT2D eigenvalue weighted by Crippen LogP contribution is -2.48. The van der Waals surface area contributed by atoms with Crippen LogP contribution < -0.4 is 15.4 Å². The second kappa shape index (κ2) is 7.26. The Hall–Kier alpha value is -1.59. The molecule has 0 spiro atoms. The van der Waals surface area contributed by atoms with Gasteiger partial charge in [0.1, 0.15) is 11.8 Å². The average molecular weight is 278 g/mol. The highest BCUT2D eigenvalue weighted by molar-refractivity contribution is 5.95. The number of nitrogens with one attached hydrogen (secondary N) is 2. The van der Waals surface area contributed by atoms with Crippen LogP contribution >= 0.6 is 0 Å². The van der Waals surface area contributed by atoms with Gasteiger partial charge in [-0.1, -0.05) is 19.9 Å². The van der Waals surface area contributed by atoms with Crippen LogP contribution in [0, 0.1) is 5.92 Å². The molecule has 2 N–H and O–H groups in total. The number of morpholine rings is 1. The van der Waals surface area contributed by atoms with Crippen molar-refractivity contribution in [2.24, 2.45) is 5.92 Å². The van der Waals surface area contributed by atoms with E-state index in [1.54, 1.807) is 0 Å². The summed E-state index contributed by atoms with van der Waals surface area (Å²) in [5, 5.41) is 6.00. The summed E-state index contributed by atoms with van der Waals surface area (Å²) in [5.41, 5.74) is 0.739. The number of hydrogen-bond acceptors (Lipinski definition) is 4. The SMILES string of the molecule is CC(C)COc1cccc(NC(=O)C2COCCN2)c1. The van der Waals surface area contributed by atoms with Crippen molar-refractivity contribution in [1.29, 1.82) is 0 Å². The van der Waals surface area contributed by atoms with Gasteiger partial charge in [0.15, 0.2) is 0 Å². The molecule has 5 nitrogen and oxygen atoms in total. The van der Waals surface area contributed by atoms with Crippen molar-refractivity contribution in [1.82, 2.24) is 5.32 Å². The van der Waals surface area contributed by atoms with Crippen LogP contribution in [0.1, 0.15) is 13.8 Å². The molecule has 1 atom stereocenters. The highest BCUT2D eigenvalue weighted by atomic mass is 16.5. The maximum atomic E-state index is 12.1. The molecule has 0 saturated carbocycles. The van der Waals surface area contributed by atoms with Gasteiger partial charge in [0.05, 0.1) is 19.8 Å². The first-order valence-electron chi connectivity index (χ1n) is 7.00. The lowest BCUT2D eigenvalue weighted by Gasteiger charge is -2.23. The smallest absolute Gasteiger partial charge is 0.243 e. The molecule has 1 unspecified atom stereocenters. The Labute approximate surface area is 119 Å². The van der Waals surface area contributed by atoms with E-state index in [1.165, 1.54) is 0 Å². The van der Waals surface area contributed by atoms with Gasteiger partial charge < -0.3 is 20.1 Å². The third-order valence-electron chi connectivity index (χ3n) is 2.92. The molecule has 2 rings (SSSR count). The molecular formula is C15H22N2O3. The van der Waals surface area contributed by atoms with E-state index < -0.39 is 0 Å². The first-order chi connectivity index (χ1) is 9.65. The van der Waals surface area contributed by atoms with Crippen molar-refractivity contribution in [3.63, 3.8) is 0 Å². The van der Waals surface area contributed by atoms with E-state index in [0.29, 0.717) is 32.3 Å². The number of anilines is 1. The summed E-state index contributed by atoms with van der Waals surface area (Å²) in [6, 6.07) is 7.16. The first-order valence-corrected chi connectivity index (χ1v) is 7.00. The number of carbonyl (C=O) groups is 1. The first kappa shape index (κ1) is 14.8. The van der Waals surface area contributed by atoms with E-state index in [4.69, 9.17) is 9.47 Å². The van der Waals surface area contributed by atoms with Gasteiger partial charge >= 0.3 is 0 Å². The topological polar surface area (TPSA) is 59.6 Å². The van der Waals surface area contributed by atoms with E-state index in [1.807, 2.05) is 24.3 Å². The van der Waals surface area contributed by atoms with Crippen molar-refractivity contribution < 1.29 is 14.3 Å². The van der Waals surface area contributed by atoms with Gasteiger partial charge in [-0.05, 0) is 18.1 Å². The molecule has 1 aromatic rings. The van der Waals surface area contributed by atoms with Crippen LogP contribution in [0.4, 0.5) is 5.69 Å². The van der Waals surface area contributed by atoms with Crippen LogP contribution in [0.2, 0.25) is 0 Å². The minimum absolute atomic E-state index is 0.0780. The third-order valence-corrected chi connectivity index (χ3v) is 2.92. The molecule has 0 bridgehead atoms. The second-order valence-electron chi connectivity index (χ2n) is 5.30. The fourth-order valence-corrected chi connectivity index (χ4v) is 1.89. The predicted molar refractivity (Wildman–Crippen MR) is 78.0 cm³/mol. The van der Waals surface area contributed by atoms with E-state index in [0.717, 1.165) is 11.4 Å². The Morgan fingerprint density at radius 2 is 2.40 bits per heavy atom. The standard InChI is InChI=1S/C15H22N2O3/c1-11(2)9-20-13-5-3-4-12(8-13)17-15(18)14-10-19-7-6-16-14/h3-5,8,11,14,16H,6-7,9-10H2,1-2H3,(H,17,18). The highest BCUT2D eigenvalue weighted by Gasteiger charge is 2.21. The van der Waals surface area contributed by atoms with Crippen LogP contribution in [0.3, 0.4) is 0 Å². The monoisotopic (exact) mass is 278 g/mol. The van der Waals surface area contributed by atoms with Gasteiger partial charge in [-0.25, -0.2) is 0 Å². The average Bonchev–Trinajstić information content (AvgIpc) is 2.46. The Morgan fingerprint density at radius 1 is 1.55 bits per heavy atom. The molecule has 20 heavy (non-hydrogen) atoms. The largest absolute Gasteiger partial charge is 0.493 e. The molecule has 0 aromatic heterocycles. The number of ether oxygens (including phenoxy) is 2. The zero-order valence-corrected chi connectivity index (χ0v) is 12.0. The number of rotatable bonds is 5. The van der Waals surface area contributed by atoms with E-state index in [2.05, 4.69) is 24.5 Å². The van der Waals surface area contributed by atoms with Crippen molar-refractivity contribution in [2.45, 2.75) is 19.9 Å². The molecule has 0 radical (unpaired) electrons. The lowest BCUT2D eigenvalue weighted by molar-refractivity contribution is -0.120. The number of amides is 1. The Morgan fingerprint density at radius 3 is 3.10 bits per heavy atom. The lowest BCUT2D eigenvalue weighted by atomic mass is 10.2. The number of benzene rings is 1. The van der Waals surface area contributed by atoms with Gasteiger partial charge in [0.2, 0.25) is 5.91 Å². The quantitative estimate of drug-likeness (QED) is 0.860. The van der Waals surface area contributed by atoms with Gasteiger partial charge in [-0.2, -0.15) is 0 Å². The molecule has 1 heterocycles. The molecular weight excluding hydrogens is 256 g/mol. The summed E-state index contributed by atoms with van der Waals surface area (Å²) in [4.78, 5) is 12.1. The maximum Gasteiger partial charge on any atom is 0.243 e. The normalized spacial score (nSPS) is 18.9. The fraction of sp³-hybridized carbons (Fsp3) is 0.533. The third kappa shape index (κ3) is 4.51. The molecule has 1 aliphatic heterocycles. The van der Waals surface area contributed by atoms with Crippen LogP contribution in [0.15, 0.2) is 24.3 Å².